The van der Waals surface area contributed by atoms with Crippen molar-refractivity contribution in [3.05, 3.63) is 53.6 Å². The van der Waals surface area contributed by atoms with Crippen molar-refractivity contribution in [2.24, 2.45) is 0 Å². The van der Waals surface area contributed by atoms with Gasteiger partial charge in [-0.1, -0.05) is 24.1 Å². The average molecular weight is 338 g/mol. The molecule has 0 aliphatic carbocycles. The van der Waals surface area contributed by atoms with Crippen molar-refractivity contribution in [3.63, 3.8) is 0 Å². The summed E-state index contributed by atoms with van der Waals surface area (Å²) in [5.41, 5.74) is 2.79. The average Bonchev–Trinajstić information content (AvgIpc) is 2.61. The van der Waals surface area contributed by atoms with Crippen LogP contribution in [0.2, 0.25) is 0 Å². The molecule has 0 radical (unpaired) electrons. The van der Waals surface area contributed by atoms with E-state index in [4.69, 9.17) is 15.9 Å². The highest BCUT2D eigenvalue weighted by molar-refractivity contribution is 5.91. The molecule has 0 aliphatic heterocycles. The van der Waals surface area contributed by atoms with Gasteiger partial charge in [0.25, 0.3) is 0 Å². The smallest absolute Gasteiger partial charge is 0.319 e. The van der Waals surface area contributed by atoms with Crippen molar-refractivity contribution in [1.82, 2.24) is 5.32 Å². The number of ether oxygens (including phenoxy) is 2. The number of amides is 2. The van der Waals surface area contributed by atoms with Gasteiger partial charge in [0.1, 0.15) is 18.1 Å². The Kier molecular flexibility index (Phi) is 6.73. The number of urea groups is 1. The van der Waals surface area contributed by atoms with E-state index in [1.807, 2.05) is 49.4 Å². The van der Waals surface area contributed by atoms with Gasteiger partial charge < -0.3 is 20.1 Å². The van der Waals surface area contributed by atoms with Gasteiger partial charge in [0.2, 0.25) is 0 Å². The first kappa shape index (κ1) is 18.2. The number of hydrogen-bond donors (Lipinski definition) is 2. The molecule has 0 atom stereocenters. The number of benzene rings is 2. The summed E-state index contributed by atoms with van der Waals surface area (Å²) >= 11 is 0. The van der Waals surface area contributed by atoms with Crippen LogP contribution in [-0.2, 0) is 6.42 Å². The van der Waals surface area contributed by atoms with Crippen molar-refractivity contribution >= 4 is 11.7 Å². The number of aryl methyl sites for hydroxylation is 1. The van der Waals surface area contributed by atoms with Crippen LogP contribution in [0.1, 0.15) is 11.1 Å². The Morgan fingerprint density at radius 3 is 2.64 bits per heavy atom. The molecule has 0 fully saturated rings. The molecule has 2 aromatic carbocycles. The van der Waals surface area contributed by atoms with Crippen LogP contribution in [0.5, 0.6) is 11.5 Å². The lowest BCUT2D eigenvalue weighted by Gasteiger charge is -2.12. The van der Waals surface area contributed by atoms with Crippen LogP contribution in [0, 0.1) is 19.3 Å². The molecule has 130 valence electrons. The summed E-state index contributed by atoms with van der Waals surface area (Å²) in [6, 6.07) is 13.0. The molecule has 2 amide bonds. The molecule has 5 nitrogen and oxygen atoms in total. The van der Waals surface area contributed by atoms with Gasteiger partial charge in [0.15, 0.2) is 0 Å². The highest BCUT2D eigenvalue weighted by Crippen LogP contribution is 2.24. The molecule has 2 aromatic rings. The van der Waals surface area contributed by atoms with Crippen molar-refractivity contribution in [2.45, 2.75) is 13.3 Å². The normalized spacial score (nSPS) is 9.80. The first-order valence-electron chi connectivity index (χ1n) is 7.97. The Balaban J connectivity index is 1.81. The molecule has 2 rings (SSSR count). The summed E-state index contributed by atoms with van der Waals surface area (Å²) < 4.78 is 10.6. The van der Waals surface area contributed by atoms with Gasteiger partial charge in [-0.2, -0.15) is 0 Å². The van der Waals surface area contributed by atoms with E-state index < -0.39 is 0 Å². The van der Waals surface area contributed by atoms with Gasteiger partial charge in [-0.15, -0.1) is 6.42 Å². The number of hydrogen-bond acceptors (Lipinski definition) is 3. The number of nitrogens with one attached hydrogen (secondary N) is 2. The largest absolute Gasteiger partial charge is 0.495 e. The molecular weight excluding hydrogens is 316 g/mol. The van der Waals surface area contributed by atoms with E-state index in [1.54, 1.807) is 7.11 Å². The molecule has 0 bridgehead atoms. The van der Waals surface area contributed by atoms with Gasteiger partial charge in [-0.3, -0.25) is 0 Å². The monoisotopic (exact) mass is 338 g/mol. The Hall–Kier alpha value is -3.13. The highest BCUT2D eigenvalue weighted by atomic mass is 16.5. The fraction of sp³-hybridized carbons (Fsp3) is 0.250. The van der Waals surface area contributed by atoms with Crippen LogP contribution in [-0.4, -0.2) is 26.3 Å². The number of carbonyl (C=O) groups excluding carboxylic acids is 1. The zero-order chi connectivity index (χ0) is 18.1. The van der Waals surface area contributed by atoms with Gasteiger partial charge in [0, 0.05) is 6.54 Å². The first-order valence-corrected chi connectivity index (χ1v) is 7.97. The van der Waals surface area contributed by atoms with E-state index in [0.29, 0.717) is 24.4 Å². The summed E-state index contributed by atoms with van der Waals surface area (Å²) in [7, 11) is 1.57. The summed E-state index contributed by atoms with van der Waals surface area (Å²) in [4.78, 5) is 12.0. The zero-order valence-electron chi connectivity index (χ0n) is 14.5. The summed E-state index contributed by atoms with van der Waals surface area (Å²) in [6.07, 6.45) is 5.87. The summed E-state index contributed by atoms with van der Waals surface area (Å²) in [5, 5.41) is 5.64. The van der Waals surface area contributed by atoms with Gasteiger partial charge >= 0.3 is 6.03 Å². The minimum atomic E-state index is -0.266. The van der Waals surface area contributed by atoms with Crippen molar-refractivity contribution in [1.29, 1.82) is 0 Å². The predicted octanol–water partition coefficient (Wildman–Crippen LogP) is 3.38. The second-order valence-corrected chi connectivity index (χ2v) is 5.47. The SMILES string of the molecule is C#CCOc1ccc(CCNC(=O)Nc2cc(C)ccc2OC)cc1. The quantitative estimate of drug-likeness (QED) is 0.761. The second-order valence-electron chi connectivity index (χ2n) is 5.47. The van der Waals surface area contributed by atoms with E-state index in [1.165, 1.54) is 0 Å². The van der Waals surface area contributed by atoms with E-state index in [9.17, 15) is 4.79 Å². The third kappa shape index (κ3) is 5.78. The van der Waals surface area contributed by atoms with Crippen LogP contribution in [0.15, 0.2) is 42.5 Å². The Bertz CT molecular complexity index is 749. The van der Waals surface area contributed by atoms with Gasteiger partial charge in [0.05, 0.1) is 12.8 Å². The number of anilines is 1. The fourth-order valence-corrected chi connectivity index (χ4v) is 2.28. The Labute approximate surface area is 148 Å². The lowest BCUT2D eigenvalue weighted by molar-refractivity contribution is 0.252. The van der Waals surface area contributed by atoms with Gasteiger partial charge in [-0.25, -0.2) is 4.79 Å². The zero-order valence-corrected chi connectivity index (χ0v) is 14.5. The molecule has 2 N–H and O–H groups in total. The standard InChI is InChI=1S/C20H22N2O3/c1-4-13-25-17-8-6-16(7-9-17)11-12-21-20(23)22-18-14-15(2)5-10-19(18)24-3/h1,5-10,14H,11-13H2,2-3H3,(H2,21,22,23). The maximum atomic E-state index is 12.0. The maximum absolute atomic E-state index is 12.0. The third-order valence-corrected chi connectivity index (χ3v) is 3.55. The fourth-order valence-electron chi connectivity index (χ4n) is 2.28. The number of carbonyl (C=O) groups is 1. The first-order chi connectivity index (χ1) is 12.1. The highest BCUT2D eigenvalue weighted by Gasteiger charge is 2.07. The Morgan fingerprint density at radius 2 is 1.96 bits per heavy atom. The van der Waals surface area contributed by atoms with E-state index in [-0.39, 0.29) is 12.6 Å². The molecule has 0 spiro atoms. The lowest BCUT2D eigenvalue weighted by atomic mass is 10.1. The maximum Gasteiger partial charge on any atom is 0.319 e. The molecule has 0 aromatic heterocycles. The van der Waals surface area contributed by atoms with Crippen molar-refractivity contribution in [3.8, 4) is 23.8 Å². The lowest BCUT2D eigenvalue weighted by Crippen LogP contribution is -2.30. The summed E-state index contributed by atoms with van der Waals surface area (Å²) in [5.74, 6) is 3.79. The minimum Gasteiger partial charge on any atom is -0.495 e. The third-order valence-electron chi connectivity index (χ3n) is 3.55. The van der Waals surface area contributed by atoms with Crippen LogP contribution >= 0.6 is 0 Å². The molecule has 5 heteroatoms. The number of terminal acetylenes is 1. The number of rotatable bonds is 7. The second kappa shape index (κ2) is 9.24. The van der Waals surface area contributed by atoms with E-state index in [2.05, 4.69) is 16.6 Å². The predicted molar refractivity (Wildman–Crippen MR) is 99.2 cm³/mol. The molecule has 0 heterocycles. The number of methoxy groups -OCH3 is 1. The molecular formula is C20H22N2O3. The van der Waals surface area contributed by atoms with E-state index in [0.717, 1.165) is 16.9 Å². The molecule has 25 heavy (non-hydrogen) atoms. The topological polar surface area (TPSA) is 59.6 Å². The molecule has 0 saturated heterocycles. The van der Waals surface area contributed by atoms with Crippen molar-refractivity contribution in [2.75, 3.05) is 25.6 Å². The molecule has 0 saturated carbocycles. The van der Waals surface area contributed by atoms with Gasteiger partial charge in [-0.05, 0) is 48.7 Å². The Morgan fingerprint density at radius 1 is 1.20 bits per heavy atom. The van der Waals surface area contributed by atoms with Crippen LogP contribution < -0.4 is 20.1 Å². The van der Waals surface area contributed by atoms with E-state index >= 15 is 0 Å². The minimum absolute atomic E-state index is 0.253. The van der Waals surface area contributed by atoms with Crippen LogP contribution in [0.25, 0.3) is 0 Å². The van der Waals surface area contributed by atoms with Crippen molar-refractivity contribution < 1.29 is 14.3 Å². The molecule has 0 aliphatic rings. The molecule has 0 unspecified atom stereocenters. The summed E-state index contributed by atoms with van der Waals surface area (Å²) in [6.45, 7) is 2.73. The van der Waals surface area contributed by atoms with Crippen LogP contribution in [0.4, 0.5) is 10.5 Å². The van der Waals surface area contributed by atoms with Crippen LogP contribution in [0.3, 0.4) is 0 Å².